The van der Waals surface area contributed by atoms with Gasteiger partial charge in [-0.1, -0.05) is 36.4 Å². The molecule has 94 valence electrons. The molecule has 0 fully saturated rings. The SMILES string of the molecule is COc1ccc(-c2ccc3ccccc3c2)c(N)c1. The summed E-state index contributed by atoms with van der Waals surface area (Å²) in [6.07, 6.45) is 0. The van der Waals surface area contributed by atoms with Crippen molar-refractivity contribution in [1.29, 1.82) is 0 Å². The van der Waals surface area contributed by atoms with E-state index in [9.17, 15) is 0 Å². The van der Waals surface area contributed by atoms with Crippen LogP contribution in [0.4, 0.5) is 5.69 Å². The highest BCUT2D eigenvalue weighted by Crippen LogP contribution is 2.31. The third kappa shape index (κ3) is 2.13. The molecule has 0 spiro atoms. The normalized spacial score (nSPS) is 10.6. The van der Waals surface area contributed by atoms with Crippen LogP contribution in [0.1, 0.15) is 0 Å². The molecule has 0 atom stereocenters. The molecular formula is C17H15NO. The Hall–Kier alpha value is -2.48. The molecule has 0 heterocycles. The van der Waals surface area contributed by atoms with E-state index in [2.05, 4.69) is 30.3 Å². The Morgan fingerprint density at radius 3 is 2.37 bits per heavy atom. The molecule has 2 nitrogen and oxygen atoms in total. The molecule has 0 amide bonds. The van der Waals surface area contributed by atoms with Crippen LogP contribution in [0.2, 0.25) is 0 Å². The Morgan fingerprint density at radius 1 is 0.842 bits per heavy atom. The number of nitrogens with two attached hydrogens (primary N) is 1. The predicted molar refractivity (Wildman–Crippen MR) is 80.3 cm³/mol. The summed E-state index contributed by atoms with van der Waals surface area (Å²) in [7, 11) is 1.64. The molecule has 0 saturated carbocycles. The molecule has 3 aromatic rings. The first kappa shape index (κ1) is 11.6. The van der Waals surface area contributed by atoms with Crippen LogP contribution in [-0.4, -0.2) is 7.11 Å². The minimum Gasteiger partial charge on any atom is -0.497 e. The Bertz CT molecular complexity index is 734. The molecular weight excluding hydrogens is 234 g/mol. The van der Waals surface area contributed by atoms with Crippen molar-refractivity contribution in [3.8, 4) is 16.9 Å². The maximum atomic E-state index is 6.09. The van der Waals surface area contributed by atoms with Gasteiger partial charge in [-0.3, -0.25) is 0 Å². The monoisotopic (exact) mass is 249 g/mol. The number of nitrogen functional groups attached to an aromatic ring is 1. The molecule has 0 aliphatic rings. The number of methoxy groups -OCH3 is 1. The molecule has 3 rings (SSSR count). The molecule has 0 aliphatic carbocycles. The van der Waals surface area contributed by atoms with Crippen LogP contribution in [0.15, 0.2) is 60.7 Å². The number of ether oxygens (including phenoxy) is 1. The van der Waals surface area contributed by atoms with Crippen molar-refractivity contribution in [2.75, 3.05) is 12.8 Å². The number of anilines is 1. The molecule has 0 aromatic heterocycles. The van der Waals surface area contributed by atoms with Gasteiger partial charge in [-0.2, -0.15) is 0 Å². The lowest BCUT2D eigenvalue weighted by Crippen LogP contribution is -1.92. The highest BCUT2D eigenvalue weighted by atomic mass is 16.5. The minimum absolute atomic E-state index is 0.731. The van der Waals surface area contributed by atoms with Gasteiger partial charge in [-0.05, 0) is 34.5 Å². The lowest BCUT2D eigenvalue weighted by atomic mass is 10.00. The average molecular weight is 249 g/mol. The standard InChI is InChI=1S/C17H15NO/c1-19-15-8-9-16(17(18)11-15)14-7-6-12-4-2-3-5-13(12)10-14/h2-11H,18H2,1H3. The van der Waals surface area contributed by atoms with Gasteiger partial charge in [-0.25, -0.2) is 0 Å². The van der Waals surface area contributed by atoms with Gasteiger partial charge in [0.05, 0.1) is 7.11 Å². The van der Waals surface area contributed by atoms with Crippen LogP contribution in [0.3, 0.4) is 0 Å². The van der Waals surface area contributed by atoms with Crippen molar-refractivity contribution >= 4 is 16.5 Å². The highest BCUT2D eigenvalue weighted by Gasteiger charge is 2.05. The topological polar surface area (TPSA) is 35.2 Å². The summed E-state index contributed by atoms with van der Waals surface area (Å²) in [5.74, 6) is 0.780. The van der Waals surface area contributed by atoms with Crippen molar-refractivity contribution in [2.24, 2.45) is 0 Å². The number of hydrogen-bond donors (Lipinski definition) is 1. The van der Waals surface area contributed by atoms with E-state index in [1.54, 1.807) is 7.11 Å². The molecule has 2 N–H and O–H groups in total. The first-order chi connectivity index (χ1) is 9.28. The summed E-state index contributed by atoms with van der Waals surface area (Å²) in [4.78, 5) is 0. The minimum atomic E-state index is 0.731. The van der Waals surface area contributed by atoms with E-state index in [1.165, 1.54) is 10.8 Å². The van der Waals surface area contributed by atoms with E-state index in [1.807, 2.05) is 30.3 Å². The van der Waals surface area contributed by atoms with Gasteiger partial charge in [0.25, 0.3) is 0 Å². The van der Waals surface area contributed by atoms with Crippen LogP contribution in [0.25, 0.3) is 21.9 Å². The smallest absolute Gasteiger partial charge is 0.120 e. The number of fused-ring (bicyclic) bond motifs is 1. The van der Waals surface area contributed by atoms with Crippen molar-refractivity contribution < 1.29 is 4.74 Å². The predicted octanol–water partition coefficient (Wildman–Crippen LogP) is 4.10. The van der Waals surface area contributed by atoms with Gasteiger partial charge in [0.2, 0.25) is 0 Å². The third-order valence-electron chi connectivity index (χ3n) is 3.32. The van der Waals surface area contributed by atoms with Gasteiger partial charge in [-0.15, -0.1) is 0 Å². The molecule has 0 saturated heterocycles. The number of rotatable bonds is 2. The summed E-state index contributed by atoms with van der Waals surface area (Å²) in [5.41, 5.74) is 8.98. The van der Waals surface area contributed by atoms with E-state index in [0.717, 1.165) is 22.6 Å². The van der Waals surface area contributed by atoms with Gasteiger partial charge in [0.1, 0.15) is 5.75 Å². The van der Waals surface area contributed by atoms with Crippen molar-refractivity contribution in [2.45, 2.75) is 0 Å². The average Bonchev–Trinajstić information content (AvgIpc) is 2.46. The Labute approximate surface area is 112 Å². The zero-order valence-electron chi connectivity index (χ0n) is 10.8. The molecule has 0 unspecified atom stereocenters. The molecule has 2 heteroatoms. The lowest BCUT2D eigenvalue weighted by Gasteiger charge is -2.09. The van der Waals surface area contributed by atoms with Gasteiger partial charge in [0, 0.05) is 17.3 Å². The fraction of sp³-hybridized carbons (Fsp3) is 0.0588. The number of hydrogen-bond acceptors (Lipinski definition) is 2. The van der Waals surface area contributed by atoms with Crippen LogP contribution < -0.4 is 10.5 Å². The fourth-order valence-corrected chi connectivity index (χ4v) is 2.29. The number of benzene rings is 3. The zero-order chi connectivity index (χ0) is 13.2. The van der Waals surface area contributed by atoms with Crippen LogP contribution in [-0.2, 0) is 0 Å². The first-order valence-corrected chi connectivity index (χ1v) is 6.20. The summed E-state index contributed by atoms with van der Waals surface area (Å²) < 4.78 is 5.18. The summed E-state index contributed by atoms with van der Waals surface area (Å²) in [5, 5.41) is 2.45. The largest absolute Gasteiger partial charge is 0.497 e. The maximum Gasteiger partial charge on any atom is 0.120 e. The highest BCUT2D eigenvalue weighted by molar-refractivity contribution is 5.89. The molecule has 19 heavy (non-hydrogen) atoms. The van der Waals surface area contributed by atoms with E-state index < -0.39 is 0 Å². The molecule has 3 aromatic carbocycles. The second kappa shape index (κ2) is 4.65. The van der Waals surface area contributed by atoms with E-state index >= 15 is 0 Å². The van der Waals surface area contributed by atoms with E-state index in [4.69, 9.17) is 10.5 Å². The Morgan fingerprint density at radius 2 is 1.63 bits per heavy atom. The van der Waals surface area contributed by atoms with Crippen molar-refractivity contribution in [1.82, 2.24) is 0 Å². The maximum absolute atomic E-state index is 6.09. The molecule has 0 radical (unpaired) electrons. The van der Waals surface area contributed by atoms with E-state index in [-0.39, 0.29) is 0 Å². The zero-order valence-corrected chi connectivity index (χ0v) is 10.8. The second-order valence-electron chi connectivity index (χ2n) is 4.52. The van der Waals surface area contributed by atoms with Crippen LogP contribution in [0, 0.1) is 0 Å². The van der Waals surface area contributed by atoms with Crippen LogP contribution in [0.5, 0.6) is 5.75 Å². The Kier molecular flexibility index (Phi) is 2.84. The quantitative estimate of drug-likeness (QED) is 0.694. The Balaban J connectivity index is 2.13. The summed E-state index contributed by atoms with van der Waals surface area (Å²) in [6, 6.07) is 20.5. The first-order valence-electron chi connectivity index (χ1n) is 6.20. The lowest BCUT2D eigenvalue weighted by molar-refractivity contribution is 0.415. The van der Waals surface area contributed by atoms with Crippen molar-refractivity contribution in [3.63, 3.8) is 0 Å². The fourth-order valence-electron chi connectivity index (χ4n) is 2.29. The van der Waals surface area contributed by atoms with Gasteiger partial charge >= 0.3 is 0 Å². The third-order valence-corrected chi connectivity index (χ3v) is 3.32. The molecule has 0 bridgehead atoms. The molecule has 0 aliphatic heterocycles. The summed E-state index contributed by atoms with van der Waals surface area (Å²) >= 11 is 0. The summed E-state index contributed by atoms with van der Waals surface area (Å²) in [6.45, 7) is 0. The van der Waals surface area contributed by atoms with Gasteiger partial charge < -0.3 is 10.5 Å². The van der Waals surface area contributed by atoms with Gasteiger partial charge in [0.15, 0.2) is 0 Å². The van der Waals surface area contributed by atoms with E-state index in [0.29, 0.717) is 0 Å². The van der Waals surface area contributed by atoms with Crippen molar-refractivity contribution in [3.05, 3.63) is 60.7 Å². The van der Waals surface area contributed by atoms with Crippen LogP contribution >= 0.6 is 0 Å². The second-order valence-corrected chi connectivity index (χ2v) is 4.52.